The van der Waals surface area contributed by atoms with E-state index in [1.165, 1.54) is 12.3 Å². The highest BCUT2D eigenvalue weighted by molar-refractivity contribution is 5.94. The van der Waals surface area contributed by atoms with Crippen LogP contribution < -0.4 is 16.0 Å². The zero-order valence-corrected chi connectivity index (χ0v) is 9.92. The highest BCUT2D eigenvalue weighted by Crippen LogP contribution is 2.17. The predicted molar refractivity (Wildman–Crippen MR) is 65.9 cm³/mol. The minimum absolute atomic E-state index is 0.0740. The molecule has 0 aliphatic carbocycles. The summed E-state index contributed by atoms with van der Waals surface area (Å²) >= 11 is 0. The van der Waals surface area contributed by atoms with Crippen LogP contribution in [0, 0.1) is 11.3 Å². The average molecular weight is 257 g/mol. The van der Waals surface area contributed by atoms with Crippen LogP contribution >= 0.6 is 0 Å². The van der Waals surface area contributed by atoms with Gasteiger partial charge in [-0.2, -0.15) is 5.26 Å². The number of amides is 1. The minimum Gasteiger partial charge on any atom is -0.486 e. The average Bonchev–Trinajstić information content (AvgIpc) is 2.93. The molecule has 0 spiro atoms. The summed E-state index contributed by atoms with van der Waals surface area (Å²) in [5.74, 6) is 5.50. The van der Waals surface area contributed by atoms with Crippen LogP contribution in [0.3, 0.4) is 0 Å². The quantitative estimate of drug-likeness (QED) is 0.489. The van der Waals surface area contributed by atoms with Crippen LogP contribution in [0.4, 0.5) is 0 Å². The van der Waals surface area contributed by atoms with Crippen molar-refractivity contribution >= 4 is 5.91 Å². The molecule has 3 N–H and O–H groups in total. The van der Waals surface area contributed by atoms with Gasteiger partial charge in [0.1, 0.15) is 12.4 Å². The summed E-state index contributed by atoms with van der Waals surface area (Å²) in [7, 11) is 0. The van der Waals surface area contributed by atoms with Crippen molar-refractivity contribution in [3.63, 3.8) is 0 Å². The molecule has 0 radical (unpaired) electrons. The van der Waals surface area contributed by atoms with Crippen LogP contribution in [0.25, 0.3) is 0 Å². The number of hydrazine groups is 1. The molecule has 0 atom stereocenters. The Balaban J connectivity index is 2.09. The number of hydrogen-bond acceptors (Lipinski definition) is 5. The van der Waals surface area contributed by atoms with E-state index in [9.17, 15) is 4.79 Å². The molecule has 2 aromatic rings. The van der Waals surface area contributed by atoms with Gasteiger partial charge < -0.3 is 9.15 Å². The van der Waals surface area contributed by atoms with Crippen LogP contribution in [0.2, 0.25) is 0 Å². The smallest absolute Gasteiger partial charge is 0.268 e. The second-order valence-electron chi connectivity index (χ2n) is 3.66. The summed E-state index contributed by atoms with van der Waals surface area (Å²) in [4.78, 5) is 11.4. The zero-order chi connectivity index (χ0) is 13.7. The van der Waals surface area contributed by atoms with E-state index in [1.54, 1.807) is 24.3 Å². The Morgan fingerprint density at radius 2 is 2.32 bits per heavy atom. The lowest BCUT2D eigenvalue weighted by Crippen LogP contribution is -2.30. The first kappa shape index (κ1) is 12.7. The van der Waals surface area contributed by atoms with Crippen molar-refractivity contribution in [3.05, 3.63) is 53.5 Å². The summed E-state index contributed by atoms with van der Waals surface area (Å²) in [6.45, 7) is 0.0740. The maximum atomic E-state index is 11.4. The number of hydrogen-bond donors (Lipinski definition) is 2. The topological polar surface area (TPSA) is 101 Å². The molecule has 1 heterocycles. The summed E-state index contributed by atoms with van der Waals surface area (Å²) in [5, 5.41) is 8.77. The maximum Gasteiger partial charge on any atom is 0.268 e. The monoisotopic (exact) mass is 257 g/mol. The fourth-order valence-electron chi connectivity index (χ4n) is 1.54. The highest BCUT2D eigenvalue weighted by Gasteiger charge is 2.13. The third-order valence-corrected chi connectivity index (χ3v) is 2.45. The molecule has 1 amide bonds. The van der Waals surface area contributed by atoms with Gasteiger partial charge in [0.25, 0.3) is 5.91 Å². The Labute approximate surface area is 109 Å². The number of benzene rings is 1. The number of rotatable bonds is 4. The lowest BCUT2D eigenvalue weighted by atomic mass is 10.2. The van der Waals surface area contributed by atoms with Gasteiger partial charge in [-0.1, -0.05) is 6.07 Å². The van der Waals surface area contributed by atoms with Crippen molar-refractivity contribution in [2.45, 2.75) is 6.61 Å². The molecule has 2 rings (SSSR count). The van der Waals surface area contributed by atoms with Gasteiger partial charge in [0.05, 0.1) is 23.5 Å². The van der Waals surface area contributed by atoms with Crippen LogP contribution in [-0.2, 0) is 6.61 Å². The number of carbonyl (C=O) groups is 1. The van der Waals surface area contributed by atoms with E-state index in [4.69, 9.17) is 20.3 Å². The number of nitrogens with zero attached hydrogens (tertiary/aromatic N) is 1. The summed E-state index contributed by atoms with van der Waals surface area (Å²) < 4.78 is 10.6. The first-order valence-corrected chi connectivity index (χ1v) is 5.45. The predicted octanol–water partition coefficient (Wildman–Crippen LogP) is 1.33. The maximum absolute atomic E-state index is 11.4. The van der Waals surface area contributed by atoms with Crippen molar-refractivity contribution < 1.29 is 13.9 Å². The molecule has 0 aliphatic rings. The van der Waals surface area contributed by atoms with Crippen molar-refractivity contribution in [2.75, 3.05) is 0 Å². The van der Waals surface area contributed by atoms with Gasteiger partial charge in [0.2, 0.25) is 0 Å². The second-order valence-corrected chi connectivity index (χ2v) is 3.66. The van der Waals surface area contributed by atoms with Gasteiger partial charge in [-0.15, -0.1) is 0 Å². The van der Waals surface area contributed by atoms with Gasteiger partial charge in [-0.05, 0) is 24.3 Å². The highest BCUT2D eigenvalue weighted by atomic mass is 16.5. The molecular formula is C13H11N3O3. The largest absolute Gasteiger partial charge is 0.486 e. The summed E-state index contributed by atoms with van der Waals surface area (Å²) in [6, 6.07) is 10.2. The zero-order valence-electron chi connectivity index (χ0n) is 9.92. The fraction of sp³-hybridized carbons (Fsp3) is 0.0769. The first-order chi connectivity index (χ1) is 9.24. The Hall–Kier alpha value is -2.78. The molecule has 0 bridgehead atoms. The van der Waals surface area contributed by atoms with E-state index >= 15 is 0 Å². The Kier molecular flexibility index (Phi) is 3.81. The lowest BCUT2D eigenvalue weighted by molar-refractivity contribution is 0.0949. The number of nitriles is 1. The molecule has 0 aliphatic heterocycles. The molecule has 1 aromatic heterocycles. The molecule has 1 aromatic carbocycles. The third-order valence-electron chi connectivity index (χ3n) is 2.45. The minimum atomic E-state index is -0.446. The molecule has 6 heteroatoms. The molecule has 0 unspecified atom stereocenters. The van der Waals surface area contributed by atoms with Gasteiger partial charge >= 0.3 is 0 Å². The van der Waals surface area contributed by atoms with E-state index in [2.05, 4.69) is 0 Å². The van der Waals surface area contributed by atoms with E-state index < -0.39 is 5.91 Å². The van der Waals surface area contributed by atoms with Gasteiger partial charge in [0, 0.05) is 0 Å². The van der Waals surface area contributed by atoms with E-state index in [-0.39, 0.29) is 6.61 Å². The Morgan fingerprint density at radius 1 is 1.47 bits per heavy atom. The van der Waals surface area contributed by atoms with E-state index in [0.29, 0.717) is 22.6 Å². The van der Waals surface area contributed by atoms with Crippen LogP contribution in [-0.4, -0.2) is 5.91 Å². The molecular weight excluding hydrogens is 246 g/mol. The van der Waals surface area contributed by atoms with Crippen LogP contribution in [0.1, 0.15) is 21.7 Å². The number of nitrogens with two attached hydrogens (primary N) is 1. The fourth-order valence-corrected chi connectivity index (χ4v) is 1.54. The van der Waals surface area contributed by atoms with Crippen molar-refractivity contribution in [1.29, 1.82) is 5.26 Å². The Morgan fingerprint density at radius 3 is 3.05 bits per heavy atom. The normalized spacial score (nSPS) is 9.68. The second kappa shape index (κ2) is 5.71. The molecule has 96 valence electrons. The van der Waals surface area contributed by atoms with Crippen molar-refractivity contribution in [3.8, 4) is 11.8 Å². The lowest BCUT2D eigenvalue weighted by Gasteiger charge is -2.05. The molecule has 0 saturated carbocycles. The van der Waals surface area contributed by atoms with E-state index in [1.807, 2.05) is 11.5 Å². The number of carbonyl (C=O) groups excluding carboxylic acids is 1. The van der Waals surface area contributed by atoms with Crippen LogP contribution in [0.5, 0.6) is 5.75 Å². The first-order valence-electron chi connectivity index (χ1n) is 5.45. The number of nitrogens with one attached hydrogen (secondary N) is 1. The van der Waals surface area contributed by atoms with Crippen molar-refractivity contribution in [1.82, 2.24) is 5.43 Å². The molecule has 0 saturated heterocycles. The Bertz CT molecular complexity index is 628. The molecule has 0 fully saturated rings. The number of ether oxygens (including phenoxy) is 1. The summed E-state index contributed by atoms with van der Waals surface area (Å²) in [6.07, 6.45) is 1.38. The molecule has 19 heavy (non-hydrogen) atoms. The molecule has 6 nitrogen and oxygen atoms in total. The van der Waals surface area contributed by atoms with Crippen molar-refractivity contribution in [2.24, 2.45) is 5.84 Å². The third kappa shape index (κ3) is 2.91. The summed E-state index contributed by atoms with van der Waals surface area (Å²) in [5.41, 5.74) is 2.84. The standard InChI is InChI=1S/C13H11N3O3/c14-7-9-2-1-3-10(6-9)19-8-12-11(4-5-18-12)13(17)16-15/h1-6H,8,15H2,(H,16,17). The number of furan rings is 1. The van der Waals surface area contributed by atoms with Gasteiger partial charge in [-0.25, -0.2) is 5.84 Å². The SMILES string of the molecule is N#Cc1cccc(OCc2occc2C(=O)NN)c1. The number of nitrogen functional groups attached to an aromatic ring is 1. The van der Waals surface area contributed by atoms with Gasteiger partial charge in [0.15, 0.2) is 5.76 Å². The van der Waals surface area contributed by atoms with Crippen LogP contribution in [0.15, 0.2) is 41.0 Å². The van der Waals surface area contributed by atoms with E-state index in [0.717, 1.165) is 0 Å². The van der Waals surface area contributed by atoms with Gasteiger partial charge in [-0.3, -0.25) is 10.2 Å².